The fourth-order valence-corrected chi connectivity index (χ4v) is 2.97. The van der Waals surface area contributed by atoms with Gasteiger partial charge in [0.2, 0.25) is 10.0 Å². The van der Waals surface area contributed by atoms with E-state index in [-0.39, 0.29) is 5.75 Å². The molecule has 1 aliphatic rings. The minimum Gasteiger partial charge on any atom is -0.330 e. The van der Waals surface area contributed by atoms with E-state index in [2.05, 4.69) is 11.8 Å². The predicted molar refractivity (Wildman–Crippen MR) is 65.7 cm³/mol. The van der Waals surface area contributed by atoms with Crippen LogP contribution in [0.25, 0.3) is 0 Å². The van der Waals surface area contributed by atoms with Gasteiger partial charge in [-0.15, -0.1) is 0 Å². The summed E-state index contributed by atoms with van der Waals surface area (Å²) < 4.78 is 24.8. The van der Waals surface area contributed by atoms with Gasteiger partial charge in [0, 0.05) is 32.7 Å². The molecule has 1 saturated heterocycles. The summed E-state index contributed by atoms with van der Waals surface area (Å²) in [5, 5.41) is 0. The zero-order chi connectivity index (χ0) is 12.2. The maximum absolute atomic E-state index is 11.6. The summed E-state index contributed by atoms with van der Waals surface area (Å²) in [6, 6.07) is 0. The molecule has 1 rings (SSSR count). The molecule has 0 amide bonds. The van der Waals surface area contributed by atoms with Crippen molar-refractivity contribution < 1.29 is 8.42 Å². The molecule has 0 spiro atoms. The Hall–Kier alpha value is -0.170. The Kier molecular flexibility index (Phi) is 5.17. The molecule has 1 atom stereocenters. The van der Waals surface area contributed by atoms with Crippen LogP contribution in [0.1, 0.15) is 13.8 Å². The Morgan fingerprint density at radius 1 is 1.25 bits per heavy atom. The van der Waals surface area contributed by atoms with Crippen molar-refractivity contribution in [1.82, 2.24) is 9.21 Å². The van der Waals surface area contributed by atoms with Gasteiger partial charge in [0.1, 0.15) is 0 Å². The Morgan fingerprint density at radius 3 is 2.25 bits per heavy atom. The van der Waals surface area contributed by atoms with Gasteiger partial charge in [-0.05, 0) is 19.4 Å². The van der Waals surface area contributed by atoms with Crippen molar-refractivity contribution in [3.8, 4) is 0 Å². The van der Waals surface area contributed by atoms with Crippen molar-refractivity contribution in [2.45, 2.75) is 13.8 Å². The Bertz CT molecular complexity index is 297. The van der Waals surface area contributed by atoms with Crippen LogP contribution >= 0.6 is 0 Å². The number of nitrogens with zero attached hydrogens (tertiary/aromatic N) is 2. The molecule has 1 aliphatic heterocycles. The molecule has 1 heterocycles. The Morgan fingerprint density at radius 2 is 1.81 bits per heavy atom. The topological polar surface area (TPSA) is 66.6 Å². The molecule has 2 N–H and O–H groups in total. The predicted octanol–water partition coefficient (Wildman–Crippen LogP) is -0.451. The standard InChI is InChI=1S/C10H23N3O2S/c1-3-16(14,15)13-6-4-12(5-7-13)9-10(2)8-11/h10H,3-9,11H2,1-2H3. The van der Waals surface area contributed by atoms with Gasteiger partial charge in [-0.1, -0.05) is 6.92 Å². The van der Waals surface area contributed by atoms with E-state index >= 15 is 0 Å². The summed E-state index contributed by atoms with van der Waals surface area (Å²) in [4.78, 5) is 2.29. The number of sulfonamides is 1. The lowest BCUT2D eigenvalue weighted by molar-refractivity contribution is 0.170. The summed E-state index contributed by atoms with van der Waals surface area (Å²) >= 11 is 0. The van der Waals surface area contributed by atoms with Crippen molar-refractivity contribution >= 4 is 10.0 Å². The third-order valence-electron chi connectivity index (χ3n) is 3.06. The normalized spacial score (nSPS) is 22.2. The van der Waals surface area contributed by atoms with Gasteiger partial charge in [0.05, 0.1) is 5.75 Å². The molecule has 0 radical (unpaired) electrons. The van der Waals surface area contributed by atoms with Crippen LogP contribution in [-0.4, -0.2) is 62.6 Å². The van der Waals surface area contributed by atoms with Gasteiger partial charge in [-0.25, -0.2) is 8.42 Å². The zero-order valence-corrected chi connectivity index (χ0v) is 11.0. The number of rotatable bonds is 5. The minimum absolute atomic E-state index is 0.201. The molecular weight excluding hydrogens is 226 g/mol. The van der Waals surface area contributed by atoms with Gasteiger partial charge in [0.25, 0.3) is 0 Å². The van der Waals surface area contributed by atoms with Crippen LogP contribution in [0.15, 0.2) is 0 Å². The molecule has 96 valence electrons. The summed E-state index contributed by atoms with van der Waals surface area (Å²) in [7, 11) is -3.00. The van der Waals surface area contributed by atoms with Crippen molar-refractivity contribution in [2.75, 3.05) is 45.0 Å². The fraction of sp³-hybridized carbons (Fsp3) is 1.00. The van der Waals surface area contributed by atoms with Gasteiger partial charge in [-0.3, -0.25) is 0 Å². The van der Waals surface area contributed by atoms with Gasteiger partial charge >= 0.3 is 0 Å². The van der Waals surface area contributed by atoms with E-state index in [0.29, 0.717) is 25.6 Å². The Labute approximate surface area is 98.6 Å². The summed E-state index contributed by atoms with van der Waals surface area (Å²) in [5.74, 6) is 0.681. The first-order valence-corrected chi connectivity index (χ1v) is 7.50. The van der Waals surface area contributed by atoms with E-state index in [4.69, 9.17) is 5.73 Å². The van der Waals surface area contributed by atoms with Crippen molar-refractivity contribution in [1.29, 1.82) is 0 Å². The highest BCUT2D eigenvalue weighted by Gasteiger charge is 2.25. The number of hydrogen-bond acceptors (Lipinski definition) is 4. The van der Waals surface area contributed by atoms with E-state index in [9.17, 15) is 8.42 Å². The fourth-order valence-electron chi connectivity index (χ4n) is 1.89. The highest BCUT2D eigenvalue weighted by molar-refractivity contribution is 7.89. The highest BCUT2D eigenvalue weighted by Crippen LogP contribution is 2.09. The van der Waals surface area contributed by atoms with Gasteiger partial charge in [-0.2, -0.15) is 4.31 Å². The second-order valence-corrected chi connectivity index (χ2v) is 6.70. The molecule has 1 fully saturated rings. The van der Waals surface area contributed by atoms with E-state index < -0.39 is 10.0 Å². The molecular formula is C10H23N3O2S. The van der Waals surface area contributed by atoms with Crippen LogP contribution < -0.4 is 5.73 Å². The number of hydrogen-bond donors (Lipinski definition) is 1. The molecule has 0 aromatic heterocycles. The largest absolute Gasteiger partial charge is 0.330 e. The van der Waals surface area contributed by atoms with E-state index in [1.165, 1.54) is 0 Å². The molecule has 6 heteroatoms. The lowest BCUT2D eigenvalue weighted by atomic mass is 10.1. The maximum Gasteiger partial charge on any atom is 0.213 e. The van der Waals surface area contributed by atoms with Crippen molar-refractivity contribution in [2.24, 2.45) is 11.7 Å². The molecule has 0 aromatic rings. The molecule has 5 nitrogen and oxygen atoms in total. The summed E-state index contributed by atoms with van der Waals surface area (Å²) in [5.41, 5.74) is 5.57. The average molecular weight is 249 g/mol. The monoisotopic (exact) mass is 249 g/mol. The van der Waals surface area contributed by atoms with Crippen LogP contribution in [0.3, 0.4) is 0 Å². The number of piperazine rings is 1. The van der Waals surface area contributed by atoms with E-state index in [1.54, 1.807) is 11.2 Å². The molecule has 0 aliphatic carbocycles. The van der Waals surface area contributed by atoms with Gasteiger partial charge in [0.15, 0.2) is 0 Å². The van der Waals surface area contributed by atoms with E-state index in [1.807, 2.05) is 0 Å². The van der Waals surface area contributed by atoms with E-state index in [0.717, 1.165) is 19.6 Å². The highest BCUT2D eigenvalue weighted by atomic mass is 32.2. The second-order valence-electron chi connectivity index (χ2n) is 4.44. The molecule has 0 bridgehead atoms. The summed E-state index contributed by atoms with van der Waals surface area (Å²) in [6.45, 7) is 8.35. The third-order valence-corrected chi connectivity index (χ3v) is 4.94. The quantitative estimate of drug-likeness (QED) is 0.716. The molecule has 0 saturated carbocycles. The first-order chi connectivity index (χ1) is 7.49. The minimum atomic E-state index is -3.00. The lowest BCUT2D eigenvalue weighted by Crippen LogP contribution is -2.50. The van der Waals surface area contributed by atoms with Gasteiger partial charge < -0.3 is 10.6 Å². The van der Waals surface area contributed by atoms with Crippen LogP contribution in [0.4, 0.5) is 0 Å². The zero-order valence-electron chi connectivity index (χ0n) is 10.2. The second kappa shape index (κ2) is 5.95. The maximum atomic E-state index is 11.6. The first kappa shape index (κ1) is 13.9. The first-order valence-electron chi connectivity index (χ1n) is 5.89. The SMILES string of the molecule is CCS(=O)(=O)N1CCN(CC(C)CN)CC1. The summed E-state index contributed by atoms with van der Waals surface area (Å²) in [6.07, 6.45) is 0. The lowest BCUT2D eigenvalue weighted by Gasteiger charge is -2.34. The third kappa shape index (κ3) is 3.69. The van der Waals surface area contributed by atoms with Crippen LogP contribution in [0, 0.1) is 5.92 Å². The van der Waals surface area contributed by atoms with Crippen molar-refractivity contribution in [3.05, 3.63) is 0 Å². The molecule has 16 heavy (non-hydrogen) atoms. The molecule has 1 unspecified atom stereocenters. The van der Waals surface area contributed by atoms with Crippen molar-refractivity contribution in [3.63, 3.8) is 0 Å². The molecule has 0 aromatic carbocycles. The van der Waals surface area contributed by atoms with Crippen LogP contribution in [0.5, 0.6) is 0 Å². The smallest absolute Gasteiger partial charge is 0.213 e. The average Bonchev–Trinajstić information content (AvgIpc) is 2.29. The number of nitrogens with two attached hydrogens (primary N) is 1. The van der Waals surface area contributed by atoms with Crippen LogP contribution in [0.2, 0.25) is 0 Å². The van der Waals surface area contributed by atoms with Crippen LogP contribution in [-0.2, 0) is 10.0 Å². The Balaban J connectivity index is 2.40.